The number of aromatic nitrogens is 2. The monoisotopic (exact) mass is 253 g/mol. The molecular formula is C11H15N3S2. The standard InChI is InChI=1S/C11H15N3S2/c1-7-10(15-6-13-7)4-12-5-11-8(2)14-9(3)16-11/h6,12H,4-5H2,1-3H3. The highest BCUT2D eigenvalue weighted by atomic mass is 32.1. The van der Waals surface area contributed by atoms with Gasteiger partial charge in [0, 0.05) is 22.8 Å². The second kappa shape index (κ2) is 5.03. The minimum absolute atomic E-state index is 0.896. The number of thiazole rings is 2. The summed E-state index contributed by atoms with van der Waals surface area (Å²) in [6, 6.07) is 0. The normalized spacial score (nSPS) is 10.9. The number of hydrogen-bond acceptors (Lipinski definition) is 5. The Labute approximate surface area is 104 Å². The molecule has 0 atom stereocenters. The molecule has 16 heavy (non-hydrogen) atoms. The lowest BCUT2D eigenvalue weighted by Gasteiger charge is -2.02. The van der Waals surface area contributed by atoms with Gasteiger partial charge in [-0.1, -0.05) is 0 Å². The van der Waals surface area contributed by atoms with Gasteiger partial charge in [0.15, 0.2) is 0 Å². The van der Waals surface area contributed by atoms with Crippen molar-refractivity contribution in [2.75, 3.05) is 0 Å². The smallest absolute Gasteiger partial charge is 0.0900 e. The van der Waals surface area contributed by atoms with E-state index in [1.54, 1.807) is 22.7 Å². The highest BCUT2D eigenvalue weighted by Gasteiger charge is 2.05. The maximum atomic E-state index is 4.41. The van der Waals surface area contributed by atoms with Crippen molar-refractivity contribution >= 4 is 22.7 Å². The molecule has 0 fully saturated rings. The van der Waals surface area contributed by atoms with Gasteiger partial charge in [-0.2, -0.15) is 0 Å². The third kappa shape index (κ3) is 2.66. The summed E-state index contributed by atoms with van der Waals surface area (Å²) in [5.74, 6) is 0. The average Bonchev–Trinajstić information content (AvgIpc) is 2.75. The molecule has 5 heteroatoms. The minimum atomic E-state index is 0.896. The summed E-state index contributed by atoms with van der Waals surface area (Å²) in [5, 5.41) is 4.58. The topological polar surface area (TPSA) is 37.8 Å². The van der Waals surface area contributed by atoms with Gasteiger partial charge >= 0.3 is 0 Å². The molecule has 2 rings (SSSR count). The van der Waals surface area contributed by atoms with E-state index in [2.05, 4.69) is 36.1 Å². The Hall–Kier alpha value is -0.780. The average molecular weight is 253 g/mol. The first-order chi connectivity index (χ1) is 7.66. The van der Waals surface area contributed by atoms with Crippen molar-refractivity contribution in [3.63, 3.8) is 0 Å². The Morgan fingerprint density at radius 2 is 1.88 bits per heavy atom. The quantitative estimate of drug-likeness (QED) is 0.910. The van der Waals surface area contributed by atoms with Crippen LogP contribution in [0.1, 0.15) is 26.1 Å². The van der Waals surface area contributed by atoms with Gasteiger partial charge in [0.05, 0.1) is 21.9 Å². The number of hydrogen-bond donors (Lipinski definition) is 1. The zero-order valence-corrected chi connectivity index (χ0v) is 11.3. The van der Waals surface area contributed by atoms with Crippen LogP contribution < -0.4 is 5.32 Å². The maximum absolute atomic E-state index is 4.41. The molecule has 1 N–H and O–H groups in total. The van der Waals surface area contributed by atoms with E-state index >= 15 is 0 Å². The summed E-state index contributed by atoms with van der Waals surface area (Å²) in [7, 11) is 0. The largest absolute Gasteiger partial charge is 0.307 e. The van der Waals surface area contributed by atoms with Crippen LogP contribution in [0.25, 0.3) is 0 Å². The van der Waals surface area contributed by atoms with Crippen LogP contribution in [0.4, 0.5) is 0 Å². The van der Waals surface area contributed by atoms with E-state index < -0.39 is 0 Å². The third-order valence-electron chi connectivity index (χ3n) is 2.42. The molecule has 0 unspecified atom stereocenters. The summed E-state index contributed by atoms with van der Waals surface area (Å²) in [6.07, 6.45) is 0. The lowest BCUT2D eigenvalue weighted by molar-refractivity contribution is 0.701. The molecule has 86 valence electrons. The van der Waals surface area contributed by atoms with E-state index in [1.165, 1.54) is 9.75 Å². The lowest BCUT2D eigenvalue weighted by Crippen LogP contribution is -2.12. The van der Waals surface area contributed by atoms with Crippen molar-refractivity contribution < 1.29 is 0 Å². The molecule has 2 aromatic rings. The molecule has 0 saturated carbocycles. The molecule has 2 aromatic heterocycles. The molecular weight excluding hydrogens is 238 g/mol. The van der Waals surface area contributed by atoms with Gasteiger partial charge in [-0.25, -0.2) is 9.97 Å². The number of nitrogens with zero attached hydrogens (tertiary/aromatic N) is 2. The van der Waals surface area contributed by atoms with E-state index in [0.29, 0.717) is 0 Å². The van der Waals surface area contributed by atoms with Crippen molar-refractivity contribution in [1.29, 1.82) is 0 Å². The van der Waals surface area contributed by atoms with Crippen LogP contribution in [-0.2, 0) is 13.1 Å². The lowest BCUT2D eigenvalue weighted by atomic mass is 10.3. The highest BCUT2D eigenvalue weighted by Crippen LogP contribution is 2.17. The fraction of sp³-hybridized carbons (Fsp3) is 0.455. The van der Waals surface area contributed by atoms with E-state index in [-0.39, 0.29) is 0 Å². The van der Waals surface area contributed by atoms with Crippen LogP contribution in [0.3, 0.4) is 0 Å². The molecule has 3 nitrogen and oxygen atoms in total. The van der Waals surface area contributed by atoms with Crippen molar-refractivity contribution in [2.24, 2.45) is 0 Å². The van der Waals surface area contributed by atoms with Crippen LogP contribution in [0.5, 0.6) is 0 Å². The first-order valence-electron chi connectivity index (χ1n) is 5.19. The van der Waals surface area contributed by atoms with Crippen LogP contribution in [0.15, 0.2) is 5.51 Å². The summed E-state index contributed by atoms with van der Waals surface area (Å²) in [5.41, 5.74) is 4.18. The summed E-state index contributed by atoms with van der Waals surface area (Å²) >= 11 is 3.48. The predicted octanol–water partition coefficient (Wildman–Crippen LogP) is 2.81. The third-order valence-corrected chi connectivity index (χ3v) is 4.42. The summed E-state index contributed by atoms with van der Waals surface area (Å²) in [6.45, 7) is 7.96. The Bertz CT molecular complexity index is 473. The second-order valence-corrected chi connectivity index (χ2v) is 5.93. The van der Waals surface area contributed by atoms with Gasteiger partial charge in [-0.3, -0.25) is 0 Å². The Morgan fingerprint density at radius 3 is 2.44 bits per heavy atom. The first kappa shape index (κ1) is 11.7. The van der Waals surface area contributed by atoms with Gasteiger partial charge < -0.3 is 5.32 Å². The SMILES string of the molecule is Cc1nc(C)c(CNCc2scnc2C)s1. The molecule has 0 aromatic carbocycles. The van der Waals surface area contributed by atoms with Crippen LogP contribution >= 0.6 is 22.7 Å². The summed E-state index contributed by atoms with van der Waals surface area (Å²) in [4.78, 5) is 11.3. The van der Waals surface area contributed by atoms with Gasteiger partial charge in [0.25, 0.3) is 0 Å². The van der Waals surface area contributed by atoms with Crippen molar-refractivity contribution in [2.45, 2.75) is 33.9 Å². The molecule has 0 radical (unpaired) electrons. The van der Waals surface area contributed by atoms with E-state index in [1.807, 2.05) is 5.51 Å². The zero-order chi connectivity index (χ0) is 11.5. The summed E-state index contributed by atoms with van der Waals surface area (Å²) < 4.78 is 0. The first-order valence-corrected chi connectivity index (χ1v) is 6.89. The van der Waals surface area contributed by atoms with Crippen LogP contribution in [0.2, 0.25) is 0 Å². The minimum Gasteiger partial charge on any atom is -0.307 e. The number of aryl methyl sites for hydroxylation is 3. The molecule has 0 spiro atoms. The highest BCUT2D eigenvalue weighted by molar-refractivity contribution is 7.11. The molecule has 0 aliphatic rings. The molecule has 0 bridgehead atoms. The van der Waals surface area contributed by atoms with E-state index in [0.717, 1.165) is 29.5 Å². The maximum Gasteiger partial charge on any atom is 0.0900 e. The Balaban J connectivity index is 1.89. The van der Waals surface area contributed by atoms with Crippen molar-refractivity contribution in [1.82, 2.24) is 15.3 Å². The molecule has 0 aliphatic heterocycles. The molecule has 0 saturated heterocycles. The van der Waals surface area contributed by atoms with Crippen molar-refractivity contribution in [3.05, 3.63) is 31.7 Å². The van der Waals surface area contributed by atoms with E-state index in [4.69, 9.17) is 0 Å². The van der Waals surface area contributed by atoms with Crippen LogP contribution in [-0.4, -0.2) is 9.97 Å². The molecule has 2 heterocycles. The van der Waals surface area contributed by atoms with Crippen LogP contribution in [0, 0.1) is 20.8 Å². The number of nitrogens with one attached hydrogen (secondary N) is 1. The van der Waals surface area contributed by atoms with Gasteiger partial charge in [0.2, 0.25) is 0 Å². The van der Waals surface area contributed by atoms with Crippen molar-refractivity contribution in [3.8, 4) is 0 Å². The van der Waals surface area contributed by atoms with Gasteiger partial charge in [0.1, 0.15) is 0 Å². The predicted molar refractivity (Wildman–Crippen MR) is 69.0 cm³/mol. The Morgan fingerprint density at radius 1 is 1.12 bits per heavy atom. The van der Waals surface area contributed by atoms with Gasteiger partial charge in [-0.15, -0.1) is 22.7 Å². The Kier molecular flexibility index (Phi) is 3.68. The molecule has 0 amide bonds. The van der Waals surface area contributed by atoms with Gasteiger partial charge in [-0.05, 0) is 20.8 Å². The number of rotatable bonds is 4. The van der Waals surface area contributed by atoms with E-state index in [9.17, 15) is 0 Å². The zero-order valence-electron chi connectivity index (χ0n) is 9.70. The fourth-order valence-electron chi connectivity index (χ4n) is 1.52. The fourth-order valence-corrected chi connectivity index (χ4v) is 3.18. The second-order valence-electron chi connectivity index (χ2n) is 3.71. The molecule has 0 aliphatic carbocycles.